The third kappa shape index (κ3) is 3.04. The molecule has 0 radical (unpaired) electrons. The molecule has 0 amide bonds. The molecule has 6 nitrogen and oxygen atoms in total. The number of hydrogen-bond acceptors (Lipinski definition) is 5. The van der Waals surface area contributed by atoms with Gasteiger partial charge in [-0.1, -0.05) is 6.92 Å². The van der Waals surface area contributed by atoms with Crippen LogP contribution < -0.4 is 15.2 Å². The normalized spacial score (nSPS) is 23.3. The molecular weight excluding hydrogens is 311 g/mol. The van der Waals surface area contributed by atoms with Crippen LogP contribution in [0.5, 0.6) is 11.5 Å². The molecule has 1 aromatic carbocycles. The van der Waals surface area contributed by atoms with Gasteiger partial charge in [0.15, 0.2) is 11.5 Å². The summed E-state index contributed by atoms with van der Waals surface area (Å²) in [6.07, 6.45) is 0.551. The van der Waals surface area contributed by atoms with Crippen LogP contribution in [0.1, 0.15) is 13.3 Å². The summed E-state index contributed by atoms with van der Waals surface area (Å²) < 4.78 is 50.9. The van der Waals surface area contributed by atoms with Gasteiger partial charge in [-0.25, -0.2) is 12.8 Å². The van der Waals surface area contributed by atoms with Gasteiger partial charge in [-0.05, 0) is 12.3 Å². The second kappa shape index (κ2) is 6.39. The fourth-order valence-corrected chi connectivity index (χ4v) is 4.13. The molecule has 0 saturated carbocycles. The first kappa shape index (κ1) is 17.0. The molecule has 2 rings (SSSR count). The Bertz CT molecular complexity index is 650. The zero-order valence-corrected chi connectivity index (χ0v) is 13.7. The number of nitrogens with zero attached hydrogens (tertiary/aromatic N) is 1. The number of rotatable bonds is 4. The van der Waals surface area contributed by atoms with Gasteiger partial charge < -0.3 is 15.2 Å². The van der Waals surface area contributed by atoms with E-state index >= 15 is 0 Å². The minimum Gasteiger partial charge on any atom is -0.493 e. The van der Waals surface area contributed by atoms with Crippen LogP contribution in [0.4, 0.5) is 4.39 Å². The summed E-state index contributed by atoms with van der Waals surface area (Å²) in [6, 6.07) is 2.13. The first-order valence-electron chi connectivity index (χ1n) is 6.98. The second-order valence-corrected chi connectivity index (χ2v) is 7.34. The summed E-state index contributed by atoms with van der Waals surface area (Å²) in [7, 11) is -1.21. The molecule has 1 aliphatic heterocycles. The predicted octanol–water partition coefficient (Wildman–Crippen LogP) is 1.20. The molecule has 2 N–H and O–H groups in total. The van der Waals surface area contributed by atoms with Gasteiger partial charge in [-0.2, -0.15) is 4.31 Å². The van der Waals surface area contributed by atoms with Crippen LogP contribution in [-0.2, 0) is 10.0 Å². The number of ether oxygens (including phenoxy) is 2. The lowest BCUT2D eigenvalue weighted by Crippen LogP contribution is -2.48. The van der Waals surface area contributed by atoms with Crippen LogP contribution in [0.25, 0.3) is 0 Å². The first-order valence-corrected chi connectivity index (χ1v) is 8.42. The van der Waals surface area contributed by atoms with E-state index in [1.54, 1.807) is 0 Å². The zero-order chi connectivity index (χ0) is 16.5. The van der Waals surface area contributed by atoms with Crippen LogP contribution >= 0.6 is 0 Å². The van der Waals surface area contributed by atoms with Crippen molar-refractivity contribution < 1.29 is 22.3 Å². The van der Waals surface area contributed by atoms with E-state index in [0.717, 1.165) is 12.1 Å². The van der Waals surface area contributed by atoms with Crippen LogP contribution in [0.15, 0.2) is 17.0 Å². The Kier molecular flexibility index (Phi) is 4.93. The van der Waals surface area contributed by atoms with Crippen molar-refractivity contribution in [2.45, 2.75) is 24.3 Å². The highest BCUT2D eigenvalue weighted by Crippen LogP contribution is 2.34. The van der Waals surface area contributed by atoms with E-state index < -0.39 is 20.7 Å². The van der Waals surface area contributed by atoms with Gasteiger partial charge in [0.1, 0.15) is 10.7 Å². The Balaban J connectivity index is 2.41. The van der Waals surface area contributed by atoms with Gasteiger partial charge in [0.05, 0.1) is 14.2 Å². The Labute approximate surface area is 130 Å². The summed E-state index contributed by atoms with van der Waals surface area (Å²) in [4.78, 5) is -0.409. The van der Waals surface area contributed by atoms with Crippen molar-refractivity contribution in [1.29, 1.82) is 0 Å². The molecule has 0 bridgehead atoms. The third-order valence-electron chi connectivity index (χ3n) is 3.99. The lowest BCUT2D eigenvalue weighted by atomic mass is 9.96. The van der Waals surface area contributed by atoms with Crippen LogP contribution in [0, 0.1) is 11.7 Å². The quantitative estimate of drug-likeness (QED) is 0.896. The minimum atomic E-state index is -3.94. The SMILES string of the molecule is COc1cc(F)c(S(=O)(=O)N2CCC(N)C(C)C2)cc1OC. The number of hydrogen-bond donors (Lipinski definition) is 1. The number of benzene rings is 1. The van der Waals surface area contributed by atoms with Crippen molar-refractivity contribution >= 4 is 10.0 Å². The van der Waals surface area contributed by atoms with E-state index in [1.807, 2.05) is 6.92 Å². The molecule has 2 atom stereocenters. The third-order valence-corrected chi connectivity index (χ3v) is 5.87. The van der Waals surface area contributed by atoms with E-state index in [2.05, 4.69) is 0 Å². The summed E-state index contributed by atoms with van der Waals surface area (Å²) in [5, 5.41) is 0. The summed E-state index contributed by atoms with van der Waals surface area (Å²) >= 11 is 0. The van der Waals surface area contributed by atoms with E-state index in [-0.39, 0.29) is 36.5 Å². The van der Waals surface area contributed by atoms with Gasteiger partial charge in [-0.3, -0.25) is 0 Å². The van der Waals surface area contributed by atoms with Crippen molar-refractivity contribution in [3.8, 4) is 11.5 Å². The van der Waals surface area contributed by atoms with E-state index in [1.165, 1.54) is 18.5 Å². The molecule has 22 heavy (non-hydrogen) atoms. The fourth-order valence-electron chi connectivity index (χ4n) is 2.52. The molecule has 0 aromatic heterocycles. The lowest BCUT2D eigenvalue weighted by Gasteiger charge is -2.34. The Hall–Kier alpha value is -1.38. The van der Waals surface area contributed by atoms with Gasteiger partial charge in [0.25, 0.3) is 0 Å². The second-order valence-electron chi connectivity index (χ2n) is 5.43. The Morgan fingerprint density at radius 2 is 1.86 bits per heavy atom. The maximum atomic E-state index is 14.2. The van der Waals surface area contributed by atoms with Crippen molar-refractivity contribution in [2.24, 2.45) is 11.7 Å². The summed E-state index contributed by atoms with van der Waals surface area (Å²) in [5.74, 6) is -0.524. The highest BCUT2D eigenvalue weighted by molar-refractivity contribution is 7.89. The standard InChI is InChI=1S/C14H21FN2O4S/c1-9-8-17(5-4-11(9)16)22(18,19)14-7-13(21-3)12(20-2)6-10(14)15/h6-7,9,11H,4-5,8,16H2,1-3H3. The maximum Gasteiger partial charge on any atom is 0.246 e. The highest BCUT2D eigenvalue weighted by Gasteiger charge is 2.34. The Morgan fingerprint density at radius 3 is 2.41 bits per heavy atom. The largest absolute Gasteiger partial charge is 0.493 e. The molecule has 0 spiro atoms. The molecule has 124 valence electrons. The van der Waals surface area contributed by atoms with Crippen molar-refractivity contribution in [3.05, 3.63) is 17.9 Å². The van der Waals surface area contributed by atoms with Crippen LogP contribution in [-0.4, -0.2) is 46.1 Å². The molecular formula is C14H21FN2O4S. The maximum absolute atomic E-state index is 14.2. The van der Waals surface area contributed by atoms with E-state index in [9.17, 15) is 12.8 Å². The molecule has 1 aliphatic rings. The molecule has 1 heterocycles. The number of halogens is 1. The molecule has 1 saturated heterocycles. The average Bonchev–Trinajstić information content (AvgIpc) is 2.49. The number of methoxy groups -OCH3 is 2. The predicted molar refractivity (Wildman–Crippen MR) is 80.0 cm³/mol. The monoisotopic (exact) mass is 332 g/mol. The fraction of sp³-hybridized carbons (Fsp3) is 0.571. The van der Waals surface area contributed by atoms with Crippen molar-refractivity contribution in [3.63, 3.8) is 0 Å². The van der Waals surface area contributed by atoms with Crippen LogP contribution in [0.3, 0.4) is 0 Å². The highest BCUT2D eigenvalue weighted by atomic mass is 32.2. The number of piperidine rings is 1. The number of sulfonamides is 1. The molecule has 1 aromatic rings. The molecule has 8 heteroatoms. The minimum absolute atomic E-state index is 0.0201. The lowest BCUT2D eigenvalue weighted by molar-refractivity contribution is 0.249. The smallest absolute Gasteiger partial charge is 0.246 e. The Morgan fingerprint density at radius 1 is 1.27 bits per heavy atom. The van der Waals surface area contributed by atoms with Gasteiger partial charge >= 0.3 is 0 Å². The van der Waals surface area contributed by atoms with E-state index in [0.29, 0.717) is 6.42 Å². The van der Waals surface area contributed by atoms with Crippen molar-refractivity contribution in [2.75, 3.05) is 27.3 Å². The van der Waals surface area contributed by atoms with Gasteiger partial charge in [-0.15, -0.1) is 0 Å². The molecule has 2 unspecified atom stereocenters. The average molecular weight is 332 g/mol. The summed E-state index contributed by atoms with van der Waals surface area (Å²) in [6.45, 7) is 2.44. The van der Waals surface area contributed by atoms with Gasteiger partial charge in [0.2, 0.25) is 10.0 Å². The molecule has 0 aliphatic carbocycles. The zero-order valence-electron chi connectivity index (χ0n) is 12.9. The summed E-state index contributed by atoms with van der Waals surface area (Å²) in [5.41, 5.74) is 5.90. The van der Waals surface area contributed by atoms with Crippen LogP contribution in [0.2, 0.25) is 0 Å². The van der Waals surface area contributed by atoms with E-state index in [4.69, 9.17) is 15.2 Å². The van der Waals surface area contributed by atoms with Crippen molar-refractivity contribution in [1.82, 2.24) is 4.31 Å². The first-order chi connectivity index (χ1) is 10.3. The molecule has 1 fully saturated rings. The number of nitrogens with two attached hydrogens (primary N) is 1. The topological polar surface area (TPSA) is 81.9 Å². The van der Waals surface area contributed by atoms with Gasteiger partial charge in [0, 0.05) is 31.3 Å².